The van der Waals surface area contributed by atoms with Crippen molar-refractivity contribution in [2.45, 2.75) is 6.42 Å². The van der Waals surface area contributed by atoms with Crippen LogP contribution in [0.1, 0.15) is 12.1 Å². The molecule has 0 radical (unpaired) electrons. The number of fused-ring (bicyclic) bond motifs is 1. The van der Waals surface area contributed by atoms with Gasteiger partial charge in [0.2, 0.25) is 12.7 Å². The van der Waals surface area contributed by atoms with Crippen LogP contribution in [0.5, 0.6) is 11.5 Å². The number of hydrogen-bond acceptors (Lipinski definition) is 6. The lowest BCUT2D eigenvalue weighted by atomic mass is 10.3. The summed E-state index contributed by atoms with van der Waals surface area (Å²) in [6.45, 7) is 4.18. The van der Waals surface area contributed by atoms with Crippen LogP contribution in [0, 0.1) is 0 Å². The summed E-state index contributed by atoms with van der Waals surface area (Å²) in [4.78, 5) is 13.2. The summed E-state index contributed by atoms with van der Waals surface area (Å²) in [6, 6.07) is 11.0. The van der Waals surface area contributed by atoms with Crippen molar-refractivity contribution in [2.24, 2.45) is 9.98 Å². The average Bonchev–Trinajstić information content (AvgIpc) is 3.40. The third kappa shape index (κ3) is 4.81. The molecular formula is C21H19N5O3S. The summed E-state index contributed by atoms with van der Waals surface area (Å²) in [5.41, 5.74) is 1.37. The number of thiocarbonyl (C=S) groups is 1. The average molecular weight is 421 g/mol. The SMILES string of the molecule is C=CC/C=C\N=C1COC(c2cccc(NC(=S)Nc3ccc4c(c3)OCO4)n2)=N1. The quantitative estimate of drug-likeness (QED) is 0.540. The monoisotopic (exact) mass is 421 g/mol. The lowest BCUT2D eigenvalue weighted by molar-refractivity contribution is 0.174. The Morgan fingerprint density at radius 3 is 2.97 bits per heavy atom. The first-order valence-corrected chi connectivity index (χ1v) is 9.61. The molecule has 30 heavy (non-hydrogen) atoms. The zero-order valence-electron chi connectivity index (χ0n) is 16.0. The fourth-order valence-electron chi connectivity index (χ4n) is 2.68. The summed E-state index contributed by atoms with van der Waals surface area (Å²) in [5.74, 6) is 2.96. The number of ether oxygens (including phenoxy) is 3. The normalized spacial score (nSPS) is 15.7. The number of benzene rings is 1. The number of nitrogens with zero attached hydrogens (tertiary/aromatic N) is 3. The van der Waals surface area contributed by atoms with Gasteiger partial charge in [0.05, 0.1) is 0 Å². The Hall–Kier alpha value is -3.72. The van der Waals surface area contributed by atoms with Gasteiger partial charge < -0.3 is 24.8 Å². The van der Waals surface area contributed by atoms with Crippen molar-refractivity contribution in [2.75, 3.05) is 24.0 Å². The zero-order valence-corrected chi connectivity index (χ0v) is 16.8. The molecule has 0 saturated heterocycles. The molecule has 0 amide bonds. The summed E-state index contributed by atoms with van der Waals surface area (Å²) in [7, 11) is 0. The lowest BCUT2D eigenvalue weighted by Gasteiger charge is -2.11. The van der Waals surface area contributed by atoms with E-state index in [1.54, 1.807) is 18.3 Å². The van der Waals surface area contributed by atoms with Crippen LogP contribution in [0.4, 0.5) is 11.5 Å². The van der Waals surface area contributed by atoms with Crippen molar-refractivity contribution in [1.82, 2.24) is 4.98 Å². The fourth-order valence-corrected chi connectivity index (χ4v) is 2.91. The van der Waals surface area contributed by atoms with E-state index in [4.69, 9.17) is 26.4 Å². The molecule has 3 heterocycles. The molecule has 4 rings (SSSR count). The van der Waals surface area contributed by atoms with Gasteiger partial charge in [-0.25, -0.2) is 9.98 Å². The molecule has 9 heteroatoms. The van der Waals surface area contributed by atoms with Crippen LogP contribution >= 0.6 is 12.2 Å². The number of aliphatic imine (C=N–C) groups is 2. The largest absolute Gasteiger partial charge is 0.468 e. The highest BCUT2D eigenvalue weighted by atomic mass is 32.1. The molecule has 152 valence electrons. The summed E-state index contributed by atoms with van der Waals surface area (Å²) < 4.78 is 16.3. The van der Waals surface area contributed by atoms with E-state index in [1.807, 2.05) is 36.4 Å². The Kier molecular flexibility index (Phi) is 6.00. The standard InChI is InChI=1S/C21H19N5O3S/c1-2-3-4-10-22-19-12-27-20(25-19)15-6-5-7-18(24-15)26-21(30)23-14-8-9-16-17(11-14)29-13-28-16/h2,4-11H,1,3,12-13H2,(H2,23,24,26,30)/b10-4-,22-19?. The summed E-state index contributed by atoms with van der Waals surface area (Å²) in [5, 5.41) is 6.55. The molecule has 0 fully saturated rings. The molecule has 0 saturated carbocycles. The van der Waals surface area contributed by atoms with Gasteiger partial charge in [-0.2, -0.15) is 4.99 Å². The third-order valence-electron chi connectivity index (χ3n) is 4.04. The highest BCUT2D eigenvalue weighted by molar-refractivity contribution is 7.80. The van der Waals surface area contributed by atoms with Crippen LogP contribution in [0.25, 0.3) is 0 Å². The Bertz CT molecular complexity index is 1060. The van der Waals surface area contributed by atoms with Crippen molar-refractivity contribution >= 4 is 40.6 Å². The topological polar surface area (TPSA) is 89.4 Å². The minimum Gasteiger partial charge on any atom is -0.468 e. The van der Waals surface area contributed by atoms with Gasteiger partial charge in [-0.05, 0) is 42.9 Å². The smallest absolute Gasteiger partial charge is 0.242 e. The molecule has 2 aliphatic heterocycles. The van der Waals surface area contributed by atoms with Gasteiger partial charge >= 0.3 is 0 Å². The van der Waals surface area contributed by atoms with Gasteiger partial charge in [0.1, 0.15) is 18.1 Å². The summed E-state index contributed by atoms with van der Waals surface area (Å²) >= 11 is 5.38. The van der Waals surface area contributed by atoms with Crippen molar-refractivity contribution in [3.05, 3.63) is 67.0 Å². The predicted molar refractivity (Wildman–Crippen MR) is 121 cm³/mol. The van der Waals surface area contributed by atoms with Gasteiger partial charge in [0.25, 0.3) is 0 Å². The van der Waals surface area contributed by atoms with Crippen LogP contribution in [-0.2, 0) is 4.74 Å². The minimum atomic E-state index is 0.224. The molecule has 2 aliphatic rings. The summed E-state index contributed by atoms with van der Waals surface area (Å²) in [6.07, 6.45) is 6.14. The first kappa shape index (κ1) is 19.6. The maximum absolute atomic E-state index is 5.61. The second kappa shape index (κ2) is 9.19. The Morgan fingerprint density at radius 1 is 1.17 bits per heavy atom. The first-order valence-electron chi connectivity index (χ1n) is 9.20. The van der Waals surface area contributed by atoms with Gasteiger partial charge in [0, 0.05) is 18.0 Å². The number of rotatable bonds is 6. The highest BCUT2D eigenvalue weighted by Gasteiger charge is 2.17. The van der Waals surface area contributed by atoms with Crippen LogP contribution in [0.2, 0.25) is 0 Å². The van der Waals surface area contributed by atoms with E-state index >= 15 is 0 Å². The van der Waals surface area contributed by atoms with E-state index in [9.17, 15) is 0 Å². The van der Waals surface area contributed by atoms with Gasteiger partial charge in [-0.1, -0.05) is 18.2 Å². The second-order valence-corrected chi connectivity index (χ2v) is 6.62. The molecule has 0 aliphatic carbocycles. The van der Waals surface area contributed by atoms with Gasteiger partial charge in [-0.15, -0.1) is 6.58 Å². The fraction of sp³-hybridized carbons (Fsp3) is 0.143. The van der Waals surface area contributed by atoms with E-state index in [1.165, 1.54) is 0 Å². The Balaban J connectivity index is 1.40. The molecule has 1 aromatic heterocycles. The van der Waals surface area contributed by atoms with E-state index in [0.717, 1.165) is 12.1 Å². The number of pyridine rings is 1. The van der Waals surface area contributed by atoms with Crippen molar-refractivity contribution in [3.8, 4) is 11.5 Å². The van der Waals surface area contributed by atoms with Gasteiger partial charge in [0.15, 0.2) is 22.4 Å². The van der Waals surface area contributed by atoms with Crippen molar-refractivity contribution in [3.63, 3.8) is 0 Å². The van der Waals surface area contributed by atoms with Gasteiger partial charge in [-0.3, -0.25) is 0 Å². The molecule has 0 spiro atoms. The number of anilines is 2. The molecule has 1 aromatic carbocycles. The van der Waals surface area contributed by atoms with E-state index in [2.05, 4.69) is 32.2 Å². The minimum absolute atomic E-state index is 0.224. The van der Waals surface area contributed by atoms with E-state index in [-0.39, 0.29) is 6.79 Å². The maximum atomic E-state index is 5.61. The Morgan fingerprint density at radius 2 is 2.07 bits per heavy atom. The van der Waals surface area contributed by atoms with Crippen LogP contribution in [0.15, 0.2) is 71.3 Å². The molecule has 0 unspecified atom stereocenters. The predicted octanol–water partition coefficient (Wildman–Crippen LogP) is 3.88. The molecule has 2 N–H and O–H groups in total. The first-order chi connectivity index (χ1) is 14.7. The van der Waals surface area contributed by atoms with Crippen LogP contribution in [0.3, 0.4) is 0 Å². The van der Waals surface area contributed by atoms with Crippen LogP contribution < -0.4 is 20.1 Å². The number of nitrogens with one attached hydrogen (secondary N) is 2. The number of aromatic nitrogens is 1. The number of hydrogen-bond donors (Lipinski definition) is 2. The molecule has 8 nitrogen and oxygen atoms in total. The molecule has 0 atom stereocenters. The van der Waals surface area contributed by atoms with Crippen LogP contribution in [-0.4, -0.2) is 35.2 Å². The number of allylic oxidation sites excluding steroid dienone is 2. The maximum Gasteiger partial charge on any atom is 0.242 e. The second-order valence-electron chi connectivity index (χ2n) is 6.22. The van der Waals surface area contributed by atoms with Crippen molar-refractivity contribution < 1.29 is 14.2 Å². The number of amidine groups is 1. The zero-order chi connectivity index (χ0) is 20.8. The third-order valence-corrected chi connectivity index (χ3v) is 4.24. The van der Waals surface area contributed by atoms with E-state index < -0.39 is 0 Å². The highest BCUT2D eigenvalue weighted by Crippen LogP contribution is 2.34. The molecule has 2 aromatic rings. The Labute approximate surface area is 179 Å². The van der Waals surface area contributed by atoms with E-state index in [0.29, 0.717) is 46.5 Å². The lowest BCUT2D eigenvalue weighted by Crippen LogP contribution is -2.20. The molecule has 0 bridgehead atoms. The molecular weight excluding hydrogens is 402 g/mol. The van der Waals surface area contributed by atoms with Crippen molar-refractivity contribution in [1.29, 1.82) is 0 Å².